The standard InChI is InChI=1S/C31H54N6O5S/c1-21(2)37(22(3)4)31(41-17-11-15-32)42-24-18-23(5)36(19-24)28(39)14-7-6-10-16-33-27(38)13-9-8-12-26-29-25(20-43-26)34-30(40)35-29/h21-26,29,31H,6-14,16-20H2,1-5H3,(H,33,38)(H2,34,35,40)/t23-,24-,25+,26+,29+,31?/m1/s1/i5T. The molecule has 0 spiro atoms. The molecule has 0 saturated carbocycles. The Morgan fingerprint density at radius 2 is 1.93 bits per heavy atom. The Kier molecular flexibility index (Phi) is 14.2. The third-order valence-electron chi connectivity index (χ3n) is 8.39. The van der Waals surface area contributed by atoms with Crippen molar-refractivity contribution < 1.29 is 25.2 Å². The molecule has 3 N–H and O–H groups in total. The molecule has 244 valence electrons. The number of fused-ring (bicyclic) bond motifs is 1. The van der Waals surface area contributed by atoms with Gasteiger partial charge in [-0.3, -0.25) is 14.5 Å². The molecule has 11 nitrogen and oxygen atoms in total. The van der Waals surface area contributed by atoms with Crippen LogP contribution in [0, 0.1) is 11.3 Å². The Morgan fingerprint density at radius 1 is 1.16 bits per heavy atom. The first-order valence-electron chi connectivity index (χ1n) is 16.8. The number of carbonyl (C=O) groups excluding carboxylic acids is 3. The number of nitrogens with one attached hydrogen (secondary N) is 3. The number of likely N-dealkylation sites (tertiary alicyclic amines) is 1. The summed E-state index contributed by atoms with van der Waals surface area (Å²) in [7, 11) is 0. The lowest BCUT2D eigenvalue weighted by atomic mass is 10.0. The van der Waals surface area contributed by atoms with Gasteiger partial charge in [0, 0.05) is 56.4 Å². The molecule has 3 rings (SSSR count). The van der Waals surface area contributed by atoms with E-state index in [4.69, 9.17) is 16.1 Å². The molecule has 4 amide bonds. The number of unbranched alkanes of at least 4 members (excludes halogenated alkanes) is 3. The summed E-state index contributed by atoms with van der Waals surface area (Å²) in [5.74, 6) is 1.07. The fourth-order valence-electron chi connectivity index (χ4n) is 6.24. The van der Waals surface area contributed by atoms with Gasteiger partial charge in [-0.15, -0.1) is 0 Å². The van der Waals surface area contributed by atoms with E-state index in [9.17, 15) is 14.4 Å². The molecule has 0 bridgehead atoms. The number of carbonyl (C=O) groups is 3. The highest BCUT2D eigenvalue weighted by atomic mass is 32.2. The summed E-state index contributed by atoms with van der Waals surface area (Å²) in [6.45, 7) is 9.76. The Labute approximate surface area is 263 Å². The van der Waals surface area contributed by atoms with Gasteiger partial charge in [0.15, 0.2) is 0 Å². The van der Waals surface area contributed by atoms with Crippen LogP contribution in [0.5, 0.6) is 0 Å². The molecule has 3 heterocycles. The highest BCUT2D eigenvalue weighted by Gasteiger charge is 2.42. The molecule has 0 aromatic rings. The van der Waals surface area contributed by atoms with Crippen molar-refractivity contribution in [1.82, 2.24) is 25.8 Å². The molecule has 3 fully saturated rings. The van der Waals surface area contributed by atoms with Gasteiger partial charge in [0.1, 0.15) is 0 Å². The lowest BCUT2D eigenvalue weighted by Crippen LogP contribution is -2.49. The summed E-state index contributed by atoms with van der Waals surface area (Å²) >= 11 is 1.90. The zero-order chi connectivity index (χ0) is 32.1. The fourth-order valence-corrected chi connectivity index (χ4v) is 7.78. The van der Waals surface area contributed by atoms with Gasteiger partial charge in [0.25, 0.3) is 0 Å². The average Bonchev–Trinajstić information content (AvgIpc) is 3.66. The summed E-state index contributed by atoms with van der Waals surface area (Å²) in [6, 6.07) is 2.65. The maximum Gasteiger partial charge on any atom is 0.315 e. The molecule has 0 aromatic heterocycles. The van der Waals surface area contributed by atoms with Crippen molar-refractivity contribution in [1.29, 1.82) is 5.26 Å². The van der Waals surface area contributed by atoms with Gasteiger partial charge < -0.3 is 30.3 Å². The first-order valence-corrected chi connectivity index (χ1v) is 17.1. The monoisotopic (exact) mass is 624 g/mol. The van der Waals surface area contributed by atoms with Gasteiger partial charge in [-0.05, 0) is 66.7 Å². The molecule has 0 aliphatic carbocycles. The number of hydrogen-bond acceptors (Lipinski definition) is 8. The van der Waals surface area contributed by atoms with E-state index >= 15 is 0 Å². The van der Waals surface area contributed by atoms with Gasteiger partial charge in [-0.25, -0.2) is 4.79 Å². The minimum absolute atomic E-state index is 0.0450. The number of rotatable bonds is 19. The maximum absolute atomic E-state index is 13.1. The zero-order valence-corrected chi connectivity index (χ0v) is 27.3. The molecule has 3 aliphatic heterocycles. The van der Waals surface area contributed by atoms with Crippen LogP contribution >= 0.6 is 11.8 Å². The molecular formula is C31H54N6O5S. The van der Waals surface area contributed by atoms with Gasteiger partial charge in [-0.1, -0.05) is 12.8 Å². The molecule has 12 heteroatoms. The molecule has 3 aliphatic rings. The lowest BCUT2D eigenvalue weighted by molar-refractivity contribution is -0.257. The molecule has 6 atom stereocenters. The van der Waals surface area contributed by atoms with Crippen molar-refractivity contribution in [2.45, 2.75) is 147 Å². The Bertz CT molecular complexity index is 960. The topological polar surface area (TPSA) is 136 Å². The van der Waals surface area contributed by atoms with Crippen molar-refractivity contribution in [2.24, 2.45) is 0 Å². The summed E-state index contributed by atoms with van der Waals surface area (Å²) in [4.78, 5) is 40.8. The fraction of sp³-hybridized carbons (Fsp3) is 0.871. The molecule has 0 aromatic carbocycles. The van der Waals surface area contributed by atoms with Crippen molar-refractivity contribution in [3.63, 3.8) is 0 Å². The number of urea groups is 1. The van der Waals surface area contributed by atoms with Crippen LogP contribution in [0.1, 0.15) is 100 Å². The Morgan fingerprint density at radius 3 is 2.65 bits per heavy atom. The summed E-state index contributed by atoms with van der Waals surface area (Å²) in [5.41, 5.74) is 0. The van der Waals surface area contributed by atoms with E-state index in [2.05, 4.69) is 54.6 Å². The van der Waals surface area contributed by atoms with E-state index in [1.807, 2.05) is 11.8 Å². The number of amides is 4. The third-order valence-corrected chi connectivity index (χ3v) is 9.89. The molecule has 0 radical (unpaired) electrons. The van der Waals surface area contributed by atoms with Crippen molar-refractivity contribution in [3.8, 4) is 6.07 Å². The number of thioether (sulfide) groups is 1. The van der Waals surface area contributed by atoms with Crippen LogP contribution in [0.25, 0.3) is 0 Å². The quantitative estimate of drug-likeness (QED) is 0.112. The summed E-state index contributed by atoms with van der Waals surface area (Å²) < 4.78 is 20.4. The van der Waals surface area contributed by atoms with Crippen LogP contribution in [0.4, 0.5) is 4.79 Å². The summed E-state index contributed by atoms with van der Waals surface area (Å²) in [5, 5.41) is 18.3. The minimum Gasteiger partial charge on any atom is -0.356 e. The highest BCUT2D eigenvalue weighted by Crippen LogP contribution is 2.33. The molecular weight excluding hydrogens is 568 g/mol. The lowest BCUT2D eigenvalue weighted by Gasteiger charge is -2.38. The Hall–Kier alpha value is -2.07. The normalized spacial score (nSPS) is 25.9. The van der Waals surface area contributed by atoms with E-state index in [0.717, 1.165) is 44.3 Å². The van der Waals surface area contributed by atoms with Gasteiger partial charge in [-0.2, -0.15) is 17.0 Å². The first-order chi connectivity index (χ1) is 21.1. The maximum atomic E-state index is 13.1. The molecule has 1 unspecified atom stereocenters. The van der Waals surface area contributed by atoms with Crippen LogP contribution in [0.15, 0.2) is 0 Å². The zero-order valence-electron chi connectivity index (χ0n) is 27.5. The van der Waals surface area contributed by atoms with Gasteiger partial charge in [0.2, 0.25) is 18.2 Å². The number of nitriles is 1. The first kappa shape index (κ1) is 33.8. The summed E-state index contributed by atoms with van der Waals surface area (Å²) in [6.07, 6.45) is 6.18. The van der Waals surface area contributed by atoms with E-state index < -0.39 is 6.41 Å². The number of nitrogens with zero attached hydrogens (tertiary/aromatic N) is 3. The molecule has 3 saturated heterocycles. The van der Waals surface area contributed by atoms with Crippen LogP contribution < -0.4 is 16.0 Å². The SMILES string of the molecule is [3H]C[C@@H]1C[C@@H](OC(OCCC#N)N(C(C)C)C(C)C)CN1C(=O)CCCCCNC(=O)CCCC[C@@H]1SC[C@@H]2NC(=O)N[C@@H]21. The van der Waals surface area contributed by atoms with Crippen LogP contribution in [-0.4, -0.2) is 101 Å². The number of ether oxygens (including phenoxy) is 2. The minimum atomic E-state index is -0.613. The second-order valence-electron chi connectivity index (χ2n) is 12.4. The van der Waals surface area contributed by atoms with Crippen LogP contribution in [0.3, 0.4) is 0 Å². The predicted molar refractivity (Wildman–Crippen MR) is 168 cm³/mol. The largest absolute Gasteiger partial charge is 0.356 e. The highest BCUT2D eigenvalue weighted by molar-refractivity contribution is 8.00. The smallest absolute Gasteiger partial charge is 0.315 e. The van der Waals surface area contributed by atoms with Crippen LogP contribution in [0.2, 0.25) is 0 Å². The Balaban J connectivity index is 1.29. The van der Waals surface area contributed by atoms with Gasteiger partial charge in [0.05, 0.1) is 37.3 Å². The van der Waals surface area contributed by atoms with Crippen molar-refractivity contribution >= 4 is 29.6 Å². The third kappa shape index (κ3) is 11.1. The second-order valence-corrected chi connectivity index (χ2v) is 13.7. The van der Waals surface area contributed by atoms with E-state index in [1.54, 1.807) is 4.90 Å². The van der Waals surface area contributed by atoms with Crippen LogP contribution in [-0.2, 0) is 19.1 Å². The van der Waals surface area contributed by atoms with Crippen molar-refractivity contribution in [2.75, 3.05) is 25.4 Å². The van der Waals surface area contributed by atoms with Crippen molar-refractivity contribution in [3.05, 3.63) is 0 Å². The predicted octanol–water partition coefficient (Wildman–Crippen LogP) is 3.73. The van der Waals surface area contributed by atoms with E-state index in [1.165, 1.54) is 0 Å². The second kappa shape index (κ2) is 18.0. The average molecular weight is 625 g/mol. The van der Waals surface area contributed by atoms with Gasteiger partial charge >= 0.3 is 6.03 Å². The number of hydrogen-bond donors (Lipinski definition) is 3. The molecule has 43 heavy (non-hydrogen) atoms. The van der Waals surface area contributed by atoms with E-state index in [0.29, 0.717) is 37.6 Å². The van der Waals surface area contributed by atoms with E-state index in [-0.39, 0.29) is 74.1 Å².